The van der Waals surface area contributed by atoms with Gasteiger partial charge in [0.1, 0.15) is 18.3 Å². The van der Waals surface area contributed by atoms with Crippen molar-refractivity contribution in [3.05, 3.63) is 0 Å². The predicted octanol–water partition coefficient (Wildman–Crippen LogP) is -0.752. The van der Waals surface area contributed by atoms with E-state index in [1.807, 2.05) is 0 Å². The summed E-state index contributed by atoms with van der Waals surface area (Å²) in [5.74, 6) is 0. The molecule has 0 spiro atoms. The average molecular weight is 206 g/mol. The van der Waals surface area contributed by atoms with Gasteiger partial charge in [0.15, 0.2) is 0 Å². The van der Waals surface area contributed by atoms with Crippen molar-refractivity contribution in [1.29, 1.82) is 0 Å². The molecule has 0 bridgehead atoms. The molecule has 1 aliphatic heterocycles. The van der Waals surface area contributed by atoms with Crippen LogP contribution in [-0.2, 0) is 4.74 Å². The van der Waals surface area contributed by atoms with Gasteiger partial charge in [0.05, 0.1) is 12.7 Å². The van der Waals surface area contributed by atoms with Crippen molar-refractivity contribution >= 4 is 17.1 Å². The molecule has 76 valence electrons. The fourth-order valence-corrected chi connectivity index (χ4v) is 1.49. The molecule has 0 aliphatic carbocycles. The Bertz CT molecular complexity index is 197. The van der Waals surface area contributed by atoms with Crippen LogP contribution in [0.5, 0.6) is 0 Å². The van der Waals surface area contributed by atoms with Crippen LogP contribution in [0.1, 0.15) is 13.3 Å². The van der Waals surface area contributed by atoms with E-state index in [0.717, 1.165) is 0 Å². The zero-order valence-electron chi connectivity index (χ0n) is 7.38. The molecule has 0 unspecified atom stereocenters. The lowest BCUT2D eigenvalue weighted by Gasteiger charge is -2.35. The maximum atomic E-state index is 9.46. The number of ether oxygens (including phenoxy) is 1. The molecule has 0 saturated carbocycles. The molecule has 1 heterocycles. The van der Waals surface area contributed by atoms with Gasteiger partial charge >= 0.3 is 0 Å². The number of hydrogen-bond donors (Lipinski definition) is 3. The molecule has 1 saturated heterocycles. The third-order valence-corrected chi connectivity index (χ3v) is 2.26. The molecule has 0 aromatic heterocycles. The minimum Gasteiger partial charge on any atom is -0.388 e. The molecule has 5 heteroatoms. The van der Waals surface area contributed by atoms with Crippen molar-refractivity contribution < 1.29 is 20.1 Å². The van der Waals surface area contributed by atoms with Gasteiger partial charge < -0.3 is 20.1 Å². The Morgan fingerprint density at radius 2 is 2.00 bits per heavy atom. The van der Waals surface area contributed by atoms with Crippen LogP contribution < -0.4 is 0 Å². The zero-order chi connectivity index (χ0) is 10.0. The van der Waals surface area contributed by atoms with E-state index in [2.05, 4.69) is 0 Å². The Balaban J connectivity index is 2.53. The predicted molar refractivity (Wildman–Crippen MR) is 50.6 cm³/mol. The highest BCUT2D eigenvalue weighted by molar-refractivity contribution is 7.80. The lowest BCUT2D eigenvalue weighted by molar-refractivity contribution is -0.184. The minimum absolute atomic E-state index is 0.0471. The smallest absolute Gasteiger partial charge is 0.111 e. The topological polar surface area (TPSA) is 69.9 Å². The summed E-state index contributed by atoms with van der Waals surface area (Å²) in [5.41, 5.74) is 0. The van der Waals surface area contributed by atoms with Gasteiger partial charge in [-0.2, -0.15) is 0 Å². The first-order valence-corrected chi connectivity index (χ1v) is 4.58. The molecule has 0 aromatic rings. The molecular weight excluding hydrogens is 192 g/mol. The summed E-state index contributed by atoms with van der Waals surface area (Å²) in [5, 5.41) is 27.9. The lowest BCUT2D eigenvalue weighted by Crippen LogP contribution is -2.53. The Labute approximate surface area is 82.1 Å². The van der Waals surface area contributed by atoms with Gasteiger partial charge in [-0.15, -0.1) is 0 Å². The van der Waals surface area contributed by atoms with Crippen molar-refractivity contribution in [2.45, 2.75) is 37.8 Å². The maximum absolute atomic E-state index is 9.46. The molecule has 1 fully saturated rings. The number of thiocarbonyl (C=S) groups is 1. The summed E-state index contributed by atoms with van der Waals surface area (Å²) >= 11 is 4.86. The highest BCUT2D eigenvalue weighted by Crippen LogP contribution is 2.18. The Morgan fingerprint density at radius 3 is 2.54 bits per heavy atom. The van der Waals surface area contributed by atoms with E-state index in [-0.39, 0.29) is 6.61 Å². The SMILES string of the molecule is CC(=S)C[C@@H]1OC[C@@H](O)[C@H](O)[C@H]1O. The second kappa shape index (κ2) is 4.43. The van der Waals surface area contributed by atoms with Crippen LogP contribution in [0, 0.1) is 0 Å². The lowest BCUT2D eigenvalue weighted by atomic mass is 9.97. The van der Waals surface area contributed by atoms with Crippen LogP contribution in [0.2, 0.25) is 0 Å². The van der Waals surface area contributed by atoms with E-state index in [9.17, 15) is 10.2 Å². The van der Waals surface area contributed by atoms with Gasteiger partial charge in [0.25, 0.3) is 0 Å². The van der Waals surface area contributed by atoms with E-state index in [1.54, 1.807) is 6.92 Å². The number of aliphatic hydroxyl groups is 3. The van der Waals surface area contributed by atoms with Gasteiger partial charge in [0.2, 0.25) is 0 Å². The highest BCUT2D eigenvalue weighted by Gasteiger charge is 2.37. The standard InChI is InChI=1S/C8H14O4S/c1-4(13)2-6-8(11)7(10)5(9)3-12-6/h5-11H,2-3H2,1H3/t5-,6+,7+,8+/m1/s1. The molecular formula is C8H14O4S. The van der Waals surface area contributed by atoms with Gasteiger partial charge in [-0.3, -0.25) is 0 Å². The average Bonchev–Trinajstić information content (AvgIpc) is 2.06. The summed E-state index contributed by atoms with van der Waals surface area (Å²) in [6.45, 7) is 1.80. The van der Waals surface area contributed by atoms with Crippen molar-refractivity contribution in [2.75, 3.05) is 6.61 Å². The fourth-order valence-electron chi connectivity index (χ4n) is 1.33. The number of hydrogen-bond acceptors (Lipinski definition) is 5. The van der Waals surface area contributed by atoms with Crippen LogP contribution >= 0.6 is 12.2 Å². The molecule has 0 aromatic carbocycles. The summed E-state index contributed by atoms with van der Waals surface area (Å²) in [6.07, 6.45) is -3.25. The minimum atomic E-state index is -1.13. The molecule has 1 rings (SSSR count). The summed E-state index contributed by atoms with van der Waals surface area (Å²) in [4.78, 5) is 0.715. The van der Waals surface area contributed by atoms with Crippen molar-refractivity contribution in [3.8, 4) is 0 Å². The Hall–Kier alpha value is -0.0700. The van der Waals surface area contributed by atoms with Crippen molar-refractivity contribution in [2.24, 2.45) is 0 Å². The molecule has 0 radical (unpaired) electrons. The van der Waals surface area contributed by atoms with Crippen molar-refractivity contribution in [3.63, 3.8) is 0 Å². The van der Waals surface area contributed by atoms with Crippen LogP contribution in [0.15, 0.2) is 0 Å². The van der Waals surface area contributed by atoms with Gasteiger partial charge in [-0.25, -0.2) is 0 Å². The zero-order valence-corrected chi connectivity index (χ0v) is 8.20. The van der Waals surface area contributed by atoms with Crippen LogP contribution in [0.3, 0.4) is 0 Å². The summed E-state index contributed by atoms with van der Waals surface area (Å²) < 4.78 is 5.14. The van der Waals surface area contributed by atoms with E-state index in [4.69, 9.17) is 22.1 Å². The quantitative estimate of drug-likeness (QED) is 0.519. The first kappa shape index (κ1) is 11.0. The van der Waals surface area contributed by atoms with E-state index in [1.165, 1.54) is 0 Å². The molecule has 0 amide bonds. The summed E-state index contributed by atoms with van der Waals surface area (Å²) in [7, 11) is 0. The molecule has 3 N–H and O–H groups in total. The molecule has 1 aliphatic rings. The summed E-state index contributed by atoms with van der Waals surface area (Å²) in [6, 6.07) is 0. The Kier molecular flexibility index (Phi) is 3.75. The van der Waals surface area contributed by atoms with E-state index >= 15 is 0 Å². The third kappa shape index (κ3) is 2.69. The third-order valence-electron chi connectivity index (χ3n) is 2.09. The van der Waals surface area contributed by atoms with E-state index in [0.29, 0.717) is 11.3 Å². The van der Waals surface area contributed by atoms with Crippen molar-refractivity contribution in [1.82, 2.24) is 0 Å². The fraction of sp³-hybridized carbons (Fsp3) is 0.875. The molecule has 4 nitrogen and oxygen atoms in total. The maximum Gasteiger partial charge on any atom is 0.111 e. The van der Waals surface area contributed by atoms with Crippen LogP contribution in [0.4, 0.5) is 0 Å². The number of aliphatic hydroxyl groups excluding tert-OH is 3. The van der Waals surface area contributed by atoms with E-state index < -0.39 is 24.4 Å². The van der Waals surface area contributed by atoms with Gasteiger partial charge in [-0.1, -0.05) is 12.2 Å². The second-order valence-electron chi connectivity index (χ2n) is 3.33. The normalized spacial score (nSPS) is 40.3. The number of rotatable bonds is 2. The molecule has 13 heavy (non-hydrogen) atoms. The first-order chi connectivity index (χ1) is 6.02. The van der Waals surface area contributed by atoms with Crippen LogP contribution in [-0.4, -0.2) is 51.2 Å². The van der Waals surface area contributed by atoms with Gasteiger partial charge in [-0.05, 0) is 11.8 Å². The highest BCUT2D eigenvalue weighted by atomic mass is 32.1. The second-order valence-corrected chi connectivity index (χ2v) is 4.02. The molecule has 4 atom stereocenters. The largest absolute Gasteiger partial charge is 0.388 e. The Morgan fingerprint density at radius 1 is 1.38 bits per heavy atom. The monoisotopic (exact) mass is 206 g/mol. The van der Waals surface area contributed by atoms with Gasteiger partial charge in [0, 0.05) is 6.42 Å². The van der Waals surface area contributed by atoms with Crippen LogP contribution in [0.25, 0.3) is 0 Å². The first-order valence-electron chi connectivity index (χ1n) is 4.17.